The van der Waals surface area contributed by atoms with Gasteiger partial charge in [-0.1, -0.05) is 6.07 Å². The average molecular weight is 208 g/mol. The van der Waals surface area contributed by atoms with Crippen LogP contribution >= 0.6 is 0 Å². The first-order valence-corrected chi connectivity index (χ1v) is 5.24. The molecule has 0 aromatic heterocycles. The van der Waals surface area contributed by atoms with Crippen molar-refractivity contribution >= 4 is 0 Å². The van der Waals surface area contributed by atoms with E-state index in [4.69, 9.17) is 9.47 Å². The molecule has 1 aliphatic carbocycles. The Morgan fingerprint density at radius 3 is 3.07 bits per heavy atom. The number of benzene rings is 1. The maximum absolute atomic E-state index is 9.63. The van der Waals surface area contributed by atoms with E-state index in [1.807, 2.05) is 18.2 Å². The van der Waals surface area contributed by atoms with Crippen molar-refractivity contribution in [1.82, 2.24) is 0 Å². The summed E-state index contributed by atoms with van der Waals surface area (Å²) in [6, 6.07) is 5.87. The summed E-state index contributed by atoms with van der Waals surface area (Å²) in [4.78, 5) is 0. The zero-order valence-corrected chi connectivity index (χ0v) is 8.90. The normalized spacial score (nSPS) is 18.9. The predicted octanol–water partition coefficient (Wildman–Crippen LogP) is 1.69. The van der Waals surface area contributed by atoms with Crippen LogP contribution in [0, 0.1) is 0 Å². The lowest BCUT2D eigenvalue weighted by molar-refractivity contribution is 0.146. The van der Waals surface area contributed by atoms with E-state index in [0.717, 1.165) is 24.2 Å². The summed E-state index contributed by atoms with van der Waals surface area (Å²) in [5.74, 6) is 0.861. The highest BCUT2D eigenvalue weighted by molar-refractivity contribution is 5.39. The van der Waals surface area contributed by atoms with E-state index >= 15 is 0 Å². The quantitative estimate of drug-likeness (QED) is 0.765. The van der Waals surface area contributed by atoms with Crippen LogP contribution in [0.15, 0.2) is 18.2 Å². The van der Waals surface area contributed by atoms with Crippen molar-refractivity contribution in [1.29, 1.82) is 0 Å². The molecule has 0 spiro atoms. The van der Waals surface area contributed by atoms with Crippen LogP contribution < -0.4 is 4.74 Å². The summed E-state index contributed by atoms with van der Waals surface area (Å²) < 4.78 is 10.4. The molecular weight excluding hydrogens is 192 g/mol. The molecule has 3 nitrogen and oxygen atoms in total. The summed E-state index contributed by atoms with van der Waals surface area (Å²) in [6.07, 6.45) is 1.49. The van der Waals surface area contributed by atoms with Gasteiger partial charge in [-0.25, -0.2) is 0 Å². The first kappa shape index (κ1) is 10.5. The van der Waals surface area contributed by atoms with Gasteiger partial charge in [0.05, 0.1) is 12.7 Å². The Kier molecular flexibility index (Phi) is 3.23. The van der Waals surface area contributed by atoms with Gasteiger partial charge in [0.1, 0.15) is 12.4 Å². The van der Waals surface area contributed by atoms with Crippen LogP contribution in [0.1, 0.15) is 23.7 Å². The Labute approximate surface area is 89.6 Å². The van der Waals surface area contributed by atoms with Gasteiger partial charge in [-0.2, -0.15) is 0 Å². The van der Waals surface area contributed by atoms with Crippen LogP contribution in [0.2, 0.25) is 0 Å². The summed E-state index contributed by atoms with van der Waals surface area (Å²) in [7, 11) is 1.66. The minimum Gasteiger partial charge on any atom is -0.491 e. The number of hydrogen-bond acceptors (Lipinski definition) is 3. The van der Waals surface area contributed by atoms with Gasteiger partial charge in [0, 0.05) is 7.11 Å². The Morgan fingerprint density at radius 1 is 1.40 bits per heavy atom. The van der Waals surface area contributed by atoms with Crippen LogP contribution in [-0.2, 0) is 11.2 Å². The molecule has 0 bridgehead atoms. The fraction of sp³-hybridized carbons (Fsp3) is 0.500. The largest absolute Gasteiger partial charge is 0.491 e. The third-order valence-electron chi connectivity index (χ3n) is 2.72. The Hall–Kier alpha value is -1.06. The number of fused-ring (bicyclic) bond motifs is 1. The van der Waals surface area contributed by atoms with Crippen molar-refractivity contribution in [3.8, 4) is 5.75 Å². The molecule has 0 aliphatic heterocycles. The van der Waals surface area contributed by atoms with Crippen LogP contribution in [0.5, 0.6) is 5.75 Å². The molecular formula is C12H16O3. The Morgan fingerprint density at radius 2 is 2.27 bits per heavy atom. The second-order valence-corrected chi connectivity index (χ2v) is 3.76. The third kappa shape index (κ3) is 2.30. The maximum Gasteiger partial charge on any atom is 0.119 e. The first-order chi connectivity index (χ1) is 7.31. The van der Waals surface area contributed by atoms with Crippen LogP contribution in [0.3, 0.4) is 0 Å². The summed E-state index contributed by atoms with van der Waals surface area (Å²) in [6.45, 7) is 1.16. The van der Waals surface area contributed by atoms with E-state index in [-0.39, 0.29) is 6.10 Å². The van der Waals surface area contributed by atoms with Gasteiger partial charge in [-0.05, 0) is 36.1 Å². The van der Waals surface area contributed by atoms with Gasteiger partial charge in [0.15, 0.2) is 0 Å². The highest BCUT2D eigenvalue weighted by atomic mass is 16.5. The lowest BCUT2D eigenvalue weighted by Crippen LogP contribution is -2.04. The fourth-order valence-electron chi connectivity index (χ4n) is 1.90. The molecule has 1 unspecified atom stereocenters. The van der Waals surface area contributed by atoms with E-state index in [1.54, 1.807) is 7.11 Å². The molecule has 1 aromatic rings. The number of ether oxygens (including phenoxy) is 2. The SMILES string of the molecule is COCCOc1ccc2c(c1)CCC2O. The van der Waals surface area contributed by atoms with E-state index in [1.165, 1.54) is 5.56 Å². The van der Waals surface area contributed by atoms with E-state index in [9.17, 15) is 5.11 Å². The molecule has 0 radical (unpaired) electrons. The standard InChI is InChI=1S/C12H16O3/c1-14-6-7-15-10-3-4-11-9(8-10)2-5-12(11)13/h3-4,8,12-13H,2,5-7H2,1H3. The van der Waals surface area contributed by atoms with Gasteiger partial charge in [-0.15, -0.1) is 0 Å². The number of methoxy groups -OCH3 is 1. The van der Waals surface area contributed by atoms with Gasteiger partial charge < -0.3 is 14.6 Å². The number of aliphatic hydroxyl groups is 1. The molecule has 2 rings (SSSR count). The van der Waals surface area contributed by atoms with Gasteiger partial charge in [0.2, 0.25) is 0 Å². The molecule has 0 saturated heterocycles. The van der Waals surface area contributed by atoms with Crippen molar-refractivity contribution in [3.05, 3.63) is 29.3 Å². The fourth-order valence-corrected chi connectivity index (χ4v) is 1.90. The van der Waals surface area contributed by atoms with Crippen LogP contribution in [0.4, 0.5) is 0 Å². The zero-order chi connectivity index (χ0) is 10.7. The molecule has 1 aromatic carbocycles. The lowest BCUT2D eigenvalue weighted by atomic mass is 10.1. The lowest BCUT2D eigenvalue weighted by Gasteiger charge is -2.08. The monoisotopic (exact) mass is 208 g/mol. The molecule has 0 amide bonds. The Balaban J connectivity index is 2.03. The minimum atomic E-state index is -0.284. The summed E-state index contributed by atoms with van der Waals surface area (Å²) in [5, 5.41) is 9.63. The molecule has 0 saturated carbocycles. The topological polar surface area (TPSA) is 38.7 Å². The minimum absolute atomic E-state index is 0.284. The molecule has 1 N–H and O–H groups in total. The summed E-state index contributed by atoms with van der Waals surface area (Å²) in [5.41, 5.74) is 2.26. The molecule has 0 heterocycles. The number of rotatable bonds is 4. The van der Waals surface area contributed by atoms with E-state index in [2.05, 4.69) is 0 Å². The Bertz CT molecular complexity index is 336. The van der Waals surface area contributed by atoms with Crippen LogP contribution in [0.25, 0.3) is 0 Å². The number of aryl methyl sites for hydroxylation is 1. The molecule has 1 atom stereocenters. The molecule has 3 heteroatoms. The smallest absolute Gasteiger partial charge is 0.119 e. The summed E-state index contributed by atoms with van der Waals surface area (Å²) >= 11 is 0. The molecule has 1 aliphatic rings. The highest BCUT2D eigenvalue weighted by Gasteiger charge is 2.20. The molecule has 0 fully saturated rings. The van der Waals surface area contributed by atoms with Crippen molar-refractivity contribution < 1.29 is 14.6 Å². The maximum atomic E-state index is 9.63. The average Bonchev–Trinajstić information content (AvgIpc) is 2.61. The molecule has 15 heavy (non-hydrogen) atoms. The molecule has 82 valence electrons. The second kappa shape index (κ2) is 4.64. The van der Waals surface area contributed by atoms with E-state index in [0.29, 0.717) is 13.2 Å². The van der Waals surface area contributed by atoms with Crippen molar-refractivity contribution in [2.75, 3.05) is 20.3 Å². The van der Waals surface area contributed by atoms with Gasteiger partial charge >= 0.3 is 0 Å². The zero-order valence-electron chi connectivity index (χ0n) is 8.90. The highest BCUT2D eigenvalue weighted by Crippen LogP contribution is 2.33. The van der Waals surface area contributed by atoms with Gasteiger partial charge in [0.25, 0.3) is 0 Å². The van der Waals surface area contributed by atoms with Crippen LogP contribution in [-0.4, -0.2) is 25.4 Å². The predicted molar refractivity (Wildman–Crippen MR) is 57.1 cm³/mol. The number of hydrogen-bond donors (Lipinski definition) is 1. The first-order valence-electron chi connectivity index (χ1n) is 5.24. The third-order valence-corrected chi connectivity index (χ3v) is 2.72. The van der Waals surface area contributed by atoms with Crippen molar-refractivity contribution in [2.45, 2.75) is 18.9 Å². The van der Waals surface area contributed by atoms with E-state index < -0.39 is 0 Å². The van der Waals surface area contributed by atoms with Crippen molar-refractivity contribution in [2.24, 2.45) is 0 Å². The van der Waals surface area contributed by atoms with Gasteiger partial charge in [-0.3, -0.25) is 0 Å². The second-order valence-electron chi connectivity index (χ2n) is 3.76. The number of aliphatic hydroxyl groups excluding tert-OH is 1. The van der Waals surface area contributed by atoms with Crippen molar-refractivity contribution in [3.63, 3.8) is 0 Å².